The molecule has 6 nitrogen and oxygen atoms in total. The van der Waals surface area contributed by atoms with E-state index >= 15 is 0 Å². The maximum Gasteiger partial charge on any atom is 0.235 e. The summed E-state index contributed by atoms with van der Waals surface area (Å²) >= 11 is 15.0. The van der Waals surface area contributed by atoms with Crippen LogP contribution in [0.3, 0.4) is 0 Å². The van der Waals surface area contributed by atoms with Crippen molar-refractivity contribution >= 4 is 57.2 Å². The Labute approximate surface area is 224 Å². The zero-order valence-electron chi connectivity index (χ0n) is 20.1. The van der Waals surface area contributed by atoms with Gasteiger partial charge in [0.2, 0.25) is 5.91 Å². The second-order valence-electron chi connectivity index (χ2n) is 9.43. The lowest BCUT2D eigenvalue weighted by molar-refractivity contribution is -0.113. The van der Waals surface area contributed by atoms with Gasteiger partial charge in [-0.3, -0.25) is 4.79 Å². The van der Waals surface area contributed by atoms with E-state index < -0.39 is 0 Å². The average Bonchev–Trinajstić information content (AvgIpc) is 3.38. The maximum atomic E-state index is 12.8. The number of thiophene rings is 1. The van der Waals surface area contributed by atoms with Gasteiger partial charge in [-0.05, 0) is 54.4 Å². The van der Waals surface area contributed by atoms with E-state index in [1.165, 1.54) is 16.6 Å². The number of halogens is 2. The van der Waals surface area contributed by atoms with Crippen LogP contribution in [-0.2, 0) is 24.7 Å². The van der Waals surface area contributed by atoms with Crippen molar-refractivity contribution in [2.75, 3.05) is 11.1 Å². The summed E-state index contributed by atoms with van der Waals surface area (Å²) < 4.78 is 1.82. The van der Waals surface area contributed by atoms with Crippen molar-refractivity contribution in [3.63, 3.8) is 0 Å². The van der Waals surface area contributed by atoms with Crippen molar-refractivity contribution in [1.82, 2.24) is 14.8 Å². The Balaban J connectivity index is 1.43. The fraction of sp³-hybridized carbons (Fsp3) is 0.440. The van der Waals surface area contributed by atoms with Gasteiger partial charge >= 0.3 is 0 Å². The summed E-state index contributed by atoms with van der Waals surface area (Å²) in [4.78, 5) is 14.0. The number of amides is 1. The number of anilines is 1. The first-order valence-corrected chi connectivity index (χ1v) is 14.0. The number of fused-ring (bicyclic) bond motifs is 1. The molecule has 10 heteroatoms. The predicted molar refractivity (Wildman–Crippen MR) is 144 cm³/mol. The summed E-state index contributed by atoms with van der Waals surface area (Å²) in [6.07, 6.45) is 4.06. The third-order valence-electron chi connectivity index (χ3n) is 6.99. The Morgan fingerprint density at radius 2 is 2.11 bits per heavy atom. The molecule has 0 fully saturated rings. The molecule has 0 bridgehead atoms. The van der Waals surface area contributed by atoms with E-state index in [0.29, 0.717) is 37.5 Å². The van der Waals surface area contributed by atoms with Crippen LogP contribution in [0.2, 0.25) is 10.0 Å². The molecule has 0 spiro atoms. The van der Waals surface area contributed by atoms with E-state index in [4.69, 9.17) is 23.2 Å². The molecule has 2 aromatic heterocycles. The third kappa shape index (κ3) is 5.39. The SMILES string of the molecule is CCC(C)(C)C1CCc2c(sc(NC(=O)CSc3nnc(-c4ccc(Cl)c(Cl)c4)n3C)c2C#N)C1. The number of carbonyl (C=O) groups excluding carboxylic acids is 1. The predicted octanol–water partition coefficient (Wildman–Crippen LogP) is 6.99. The largest absolute Gasteiger partial charge is 0.316 e. The van der Waals surface area contributed by atoms with E-state index in [0.717, 1.165) is 36.8 Å². The van der Waals surface area contributed by atoms with Crippen LogP contribution < -0.4 is 5.32 Å². The zero-order chi connectivity index (χ0) is 25.3. The first-order chi connectivity index (χ1) is 16.6. The summed E-state index contributed by atoms with van der Waals surface area (Å²) in [5.41, 5.74) is 2.79. The number of nitrogens with one attached hydrogen (secondary N) is 1. The minimum absolute atomic E-state index is 0.159. The van der Waals surface area contributed by atoms with Crippen LogP contribution in [0.5, 0.6) is 0 Å². The molecule has 1 aromatic carbocycles. The van der Waals surface area contributed by atoms with Gasteiger partial charge in [-0.25, -0.2) is 0 Å². The van der Waals surface area contributed by atoms with Crippen LogP contribution in [0.1, 0.15) is 49.6 Å². The van der Waals surface area contributed by atoms with Crippen molar-refractivity contribution < 1.29 is 4.79 Å². The second kappa shape index (κ2) is 10.5. The summed E-state index contributed by atoms with van der Waals surface area (Å²) in [6.45, 7) is 6.88. The monoisotopic (exact) mass is 547 g/mol. The van der Waals surface area contributed by atoms with Gasteiger partial charge in [0, 0.05) is 17.5 Å². The Morgan fingerprint density at radius 1 is 1.34 bits per heavy atom. The highest BCUT2D eigenvalue weighted by Gasteiger charge is 2.34. The number of nitriles is 1. The number of rotatable bonds is 7. The lowest BCUT2D eigenvalue weighted by Gasteiger charge is -2.36. The normalized spacial score (nSPS) is 15.5. The van der Waals surface area contributed by atoms with Crippen molar-refractivity contribution in [3.05, 3.63) is 44.2 Å². The van der Waals surface area contributed by atoms with Crippen LogP contribution in [0.4, 0.5) is 5.00 Å². The van der Waals surface area contributed by atoms with Crippen molar-refractivity contribution in [2.24, 2.45) is 18.4 Å². The molecule has 1 amide bonds. The number of thioether (sulfide) groups is 1. The molecule has 0 aliphatic heterocycles. The minimum atomic E-state index is -0.172. The topological polar surface area (TPSA) is 83.6 Å². The molecule has 1 aliphatic carbocycles. The Hall–Kier alpha value is -2.05. The molecule has 184 valence electrons. The third-order valence-corrected chi connectivity index (χ3v) is 9.92. The van der Waals surface area contributed by atoms with Gasteiger partial charge in [-0.15, -0.1) is 21.5 Å². The Bertz CT molecular complexity index is 1310. The summed E-state index contributed by atoms with van der Waals surface area (Å²) in [5, 5.41) is 23.4. The lowest BCUT2D eigenvalue weighted by Crippen LogP contribution is -2.28. The van der Waals surface area contributed by atoms with Gasteiger partial charge < -0.3 is 9.88 Å². The molecule has 2 heterocycles. The van der Waals surface area contributed by atoms with Gasteiger partial charge in [0.05, 0.1) is 21.4 Å². The standard InChI is InChI=1S/C25H27Cl2N5OS2/c1-5-25(2,3)15-7-8-16-17(12-28)23(35-20(16)11-15)29-21(33)13-34-24-31-30-22(32(24)4)14-6-9-18(26)19(27)10-14/h6,9-10,15H,5,7-8,11,13H2,1-4H3,(H,29,33). The number of hydrogen-bond acceptors (Lipinski definition) is 6. The molecular formula is C25H27Cl2N5OS2. The van der Waals surface area contributed by atoms with Gasteiger partial charge in [0.25, 0.3) is 0 Å². The molecule has 0 saturated heterocycles. The minimum Gasteiger partial charge on any atom is -0.316 e. The van der Waals surface area contributed by atoms with E-state index in [1.54, 1.807) is 23.5 Å². The fourth-order valence-corrected chi connectivity index (χ4v) is 6.67. The van der Waals surface area contributed by atoms with E-state index in [9.17, 15) is 10.1 Å². The first-order valence-electron chi connectivity index (χ1n) is 11.5. The van der Waals surface area contributed by atoms with Gasteiger partial charge in [0.15, 0.2) is 11.0 Å². The molecule has 1 N–H and O–H groups in total. The maximum absolute atomic E-state index is 12.8. The molecule has 4 rings (SSSR count). The van der Waals surface area contributed by atoms with Gasteiger partial charge in [-0.1, -0.05) is 62.2 Å². The number of hydrogen-bond donors (Lipinski definition) is 1. The fourth-order valence-electron chi connectivity index (χ4n) is 4.37. The number of benzene rings is 1. The van der Waals surface area contributed by atoms with Crippen LogP contribution in [0, 0.1) is 22.7 Å². The summed E-state index contributed by atoms with van der Waals surface area (Å²) in [7, 11) is 1.84. The highest BCUT2D eigenvalue weighted by molar-refractivity contribution is 7.99. The molecular weight excluding hydrogens is 521 g/mol. The number of nitrogens with zero attached hydrogens (tertiary/aromatic N) is 4. The van der Waals surface area contributed by atoms with Gasteiger partial charge in [-0.2, -0.15) is 5.26 Å². The lowest BCUT2D eigenvalue weighted by atomic mass is 9.69. The Morgan fingerprint density at radius 3 is 2.80 bits per heavy atom. The van der Waals surface area contributed by atoms with Crippen LogP contribution >= 0.6 is 46.3 Å². The zero-order valence-corrected chi connectivity index (χ0v) is 23.3. The van der Waals surface area contributed by atoms with Crippen LogP contribution in [-0.4, -0.2) is 26.4 Å². The smallest absolute Gasteiger partial charge is 0.235 e. The first kappa shape index (κ1) is 26.0. The van der Waals surface area contributed by atoms with Crippen molar-refractivity contribution in [2.45, 2.75) is 51.6 Å². The van der Waals surface area contributed by atoms with Crippen molar-refractivity contribution in [1.29, 1.82) is 5.26 Å². The molecule has 3 aromatic rings. The number of aromatic nitrogens is 3. The van der Waals surface area contributed by atoms with E-state index in [2.05, 4.69) is 42.4 Å². The van der Waals surface area contributed by atoms with Crippen LogP contribution in [0.25, 0.3) is 11.4 Å². The molecule has 35 heavy (non-hydrogen) atoms. The molecule has 0 saturated carbocycles. The van der Waals surface area contributed by atoms with Crippen molar-refractivity contribution in [3.8, 4) is 17.5 Å². The van der Waals surface area contributed by atoms with Crippen LogP contribution in [0.15, 0.2) is 23.4 Å². The number of carbonyl (C=O) groups is 1. The summed E-state index contributed by atoms with van der Waals surface area (Å²) in [6, 6.07) is 7.61. The Kier molecular flexibility index (Phi) is 7.82. The average molecular weight is 549 g/mol. The highest BCUT2D eigenvalue weighted by Crippen LogP contribution is 2.45. The molecule has 1 aliphatic rings. The summed E-state index contributed by atoms with van der Waals surface area (Å²) in [5.74, 6) is 1.21. The molecule has 0 radical (unpaired) electrons. The van der Waals surface area contributed by atoms with Gasteiger partial charge in [0.1, 0.15) is 11.1 Å². The second-order valence-corrected chi connectivity index (χ2v) is 12.3. The highest BCUT2D eigenvalue weighted by atomic mass is 35.5. The van der Waals surface area contributed by atoms with E-state index in [1.807, 2.05) is 17.7 Å². The quantitative estimate of drug-likeness (QED) is 0.322. The van der Waals surface area contributed by atoms with E-state index in [-0.39, 0.29) is 17.1 Å². The molecule has 1 unspecified atom stereocenters. The molecule has 1 atom stereocenters.